The molecule has 0 aliphatic rings. The van der Waals surface area contributed by atoms with Crippen LogP contribution in [0.15, 0.2) is 109 Å². The lowest BCUT2D eigenvalue weighted by Gasteiger charge is -2.24. The number of nitrogens with zero attached hydrogens (tertiary/aromatic N) is 1. The molecule has 63 heavy (non-hydrogen) atoms. The van der Waals surface area contributed by atoms with Gasteiger partial charge in [-0.15, -0.1) is 0 Å². The van der Waals surface area contributed by atoms with Crippen LogP contribution in [0.5, 0.6) is 0 Å². The number of esters is 1. The standard InChI is InChI=1S/C54H92NO7P/c1-6-8-10-12-14-16-18-20-22-24-26-27-28-30-32-34-36-38-40-42-44-46-49-59-51-53(52-61-63(57,58)60-50-48-55(3,4)5)62-54(56)47-45-43-41-39-37-35-33-31-29-25-23-21-19-17-15-13-11-9-7-2/h8-11,14-17,20-23,26-27,29,31,35,37,53H,6-7,12-13,18-19,24-25,28,30,32-34,36,38-52H2,1-5H3/p+1/b10-8-,11-9-,16-14-,17-15-,22-20-,23-21-,27-26-,31-29-,37-35-. The molecule has 0 aromatic rings. The van der Waals surface area contributed by atoms with Gasteiger partial charge in [0.2, 0.25) is 0 Å². The molecule has 0 radical (unpaired) electrons. The smallest absolute Gasteiger partial charge is 0.457 e. The first-order valence-corrected chi connectivity index (χ1v) is 26.1. The van der Waals surface area contributed by atoms with Gasteiger partial charge in [-0.05, 0) is 96.3 Å². The summed E-state index contributed by atoms with van der Waals surface area (Å²) in [5.74, 6) is -0.351. The highest BCUT2D eigenvalue weighted by atomic mass is 31.2. The molecule has 0 saturated carbocycles. The van der Waals surface area contributed by atoms with Gasteiger partial charge in [0.15, 0.2) is 0 Å². The highest BCUT2D eigenvalue weighted by Gasteiger charge is 2.26. The second-order valence-corrected chi connectivity index (χ2v) is 18.5. The monoisotopic (exact) mass is 899 g/mol. The van der Waals surface area contributed by atoms with Crippen molar-refractivity contribution in [2.45, 2.75) is 174 Å². The van der Waals surface area contributed by atoms with Crippen molar-refractivity contribution in [2.75, 3.05) is 54.1 Å². The molecule has 8 nitrogen and oxygen atoms in total. The molecule has 0 fully saturated rings. The van der Waals surface area contributed by atoms with Gasteiger partial charge < -0.3 is 18.9 Å². The van der Waals surface area contributed by atoms with Crippen LogP contribution in [0.3, 0.4) is 0 Å². The molecule has 2 atom stereocenters. The largest absolute Gasteiger partial charge is 0.472 e. The summed E-state index contributed by atoms with van der Waals surface area (Å²) in [4.78, 5) is 23.0. The fourth-order valence-electron chi connectivity index (χ4n) is 6.10. The average Bonchev–Trinajstić information content (AvgIpc) is 3.24. The molecule has 0 heterocycles. The van der Waals surface area contributed by atoms with Crippen LogP contribution >= 0.6 is 7.82 Å². The minimum Gasteiger partial charge on any atom is -0.457 e. The molecule has 0 amide bonds. The number of allylic oxidation sites excluding steroid dienone is 18. The van der Waals surface area contributed by atoms with Crippen molar-refractivity contribution in [3.05, 3.63) is 109 Å². The molecule has 0 bridgehead atoms. The highest BCUT2D eigenvalue weighted by Crippen LogP contribution is 2.43. The predicted molar refractivity (Wildman–Crippen MR) is 270 cm³/mol. The molecular weight excluding hydrogens is 806 g/mol. The summed E-state index contributed by atoms with van der Waals surface area (Å²) in [7, 11) is 1.62. The molecule has 0 aliphatic carbocycles. The Labute approximate surface area is 387 Å². The maximum Gasteiger partial charge on any atom is 0.472 e. The van der Waals surface area contributed by atoms with E-state index in [0.29, 0.717) is 17.6 Å². The molecule has 1 N–H and O–H groups in total. The summed E-state index contributed by atoms with van der Waals surface area (Å²) in [6.45, 7) is 5.31. The van der Waals surface area contributed by atoms with E-state index < -0.39 is 13.9 Å². The molecular formula is C54H93NO7P+. The van der Waals surface area contributed by atoms with E-state index in [1.807, 2.05) is 21.1 Å². The Kier molecular flexibility index (Phi) is 43.7. The zero-order valence-corrected chi connectivity index (χ0v) is 41.7. The van der Waals surface area contributed by atoms with Gasteiger partial charge in [-0.3, -0.25) is 13.8 Å². The number of phosphoric ester groups is 1. The summed E-state index contributed by atoms with van der Waals surface area (Å²) >= 11 is 0. The summed E-state index contributed by atoms with van der Waals surface area (Å²) in [6, 6.07) is 0. The minimum absolute atomic E-state index is 0.0739. The topological polar surface area (TPSA) is 91.3 Å². The first-order chi connectivity index (χ1) is 30.6. The van der Waals surface area contributed by atoms with Crippen LogP contribution in [0, 0.1) is 0 Å². The fraction of sp³-hybridized carbons (Fsp3) is 0.648. The van der Waals surface area contributed by atoms with E-state index >= 15 is 0 Å². The first-order valence-electron chi connectivity index (χ1n) is 24.6. The molecule has 9 heteroatoms. The van der Waals surface area contributed by atoms with Crippen molar-refractivity contribution in [2.24, 2.45) is 0 Å². The number of phosphoric acid groups is 1. The summed E-state index contributed by atoms with van der Waals surface area (Å²) in [5, 5.41) is 0. The van der Waals surface area contributed by atoms with Gasteiger partial charge in [-0.1, -0.05) is 175 Å². The van der Waals surface area contributed by atoms with E-state index in [1.54, 1.807) is 0 Å². The number of carbonyl (C=O) groups is 1. The van der Waals surface area contributed by atoms with Gasteiger partial charge in [0, 0.05) is 13.0 Å². The Bertz CT molecular complexity index is 1370. The lowest BCUT2D eigenvalue weighted by Crippen LogP contribution is -2.37. The van der Waals surface area contributed by atoms with Crippen molar-refractivity contribution in [3.8, 4) is 0 Å². The maximum absolute atomic E-state index is 12.7. The summed E-state index contributed by atoms with van der Waals surface area (Å²) in [5.41, 5.74) is 0. The van der Waals surface area contributed by atoms with Crippen molar-refractivity contribution in [1.29, 1.82) is 0 Å². The Balaban J connectivity index is 4.27. The number of likely N-dealkylation sites (N-methyl/N-ethyl adjacent to an activating group) is 1. The number of rotatable bonds is 44. The van der Waals surface area contributed by atoms with E-state index in [-0.39, 0.29) is 32.2 Å². The fourth-order valence-corrected chi connectivity index (χ4v) is 6.84. The highest BCUT2D eigenvalue weighted by molar-refractivity contribution is 7.47. The molecule has 2 unspecified atom stereocenters. The summed E-state index contributed by atoms with van der Waals surface area (Å²) < 4.78 is 35.1. The zero-order valence-electron chi connectivity index (χ0n) is 40.8. The quantitative estimate of drug-likeness (QED) is 0.0214. The van der Waals surface area contributed by atoms with E-state index in [9.17, 15) is 14.3 Å². The van der Waals surface area contributed by atoms with Crippen LogP contribution in [0.25, 0.3) is 0 Å². The van der Waals surface area contributed by atoms with Gasteiger partial charge in [-0.2, -0.15) is 0 Å². The van der Waals surface area contributed by atoms with E-state index in [1.165, 1.54) is 51.4 Å². The third kappa shape index (κ3) is 50.0. The second-order valence-electron chi connectivity index (χ2n) is 17.1. The van der Waals surface area contributed by atoms with Crippen molar-refractivity contribution in [3.63, 3.8) is 0 Å². The lowest BCUT2D eigenvalue weighted by atomic mass is 10.1. The number of unbranched alkanes of at least 4 members (excludes halogenated alkanes) is 12. The number of quaternary nitrogens is 1. The van der Waals surface area contributed by atoms with Gasteiger partial charge in [0.25, 0.3) is 0 Å². The van der Waals surface area contributed by atoms with E-state index in [0.717, 1.165) is 96.3 Å². The minimum atomic E-state index is -4.30. The van der Waals surface area contributed by atoms with E-state index in [2.05, 4.69) is 123 Å². The molecule has 0 aliphatic heterocycles. The Morgan fingerprint density at radius 2 is 0.873 bits per heavy atom. The third-order valence-corrected chi connectivity index (χ3v) is 10.8. The van der Waals surface area contributed by atoms with Crippen LogP contribution in [0.2, 0.25) is 0 Å². The first kappa shape index (κ1) is 60.2. The van der Waals surface area contributed by atoms with Crippen LogP contribution in [-0.2, 0) is 27.9 Å². The van der Waals surface area contributed by atoms with Crippen molar-refractivity contribution in [1.82, 2.24) is 0 Å². The van der Waals surface area contributed by atoms with Crippen LogP contribution in [-0.4, -0.2) is 75.6 Å². The molecule has 360 valence electrons. The predicted octanol–water partition coefficient (Wildman–Crippen LogP) is 15.2. The van der Waals surface area contributed by atoms with Gasteiger partial charge >= 0.3 is 13.8 Å². The molecule has 0 spiro atoms. The zero-order chi connectivity index (χ0) is 46.2. The molecule has 0 saturated heterocycles. The number of hydrogen-bond donors (Lipinski definition) is 1. The van der Waals surface area contributed by atoms with Gasteiger partial charge in [0.05, 0.1) is 34.4 Å². The van der Waals surface area contributed by atoms with Crippen LogP contribution < -0.4 is 0 Å². The number of ether oxygens (including phenoxy) is 2. The second kappa shape index (κ2) is 45.7. The maximum atomic E-state index is 12.7. The van der Waals surface area contributed by atoms with Crippen LogP contribution in [0.1, 0.15) is 168 Å². The Morgan fingerprint density at radius 3 is 1.30 bits per heavy atom. The normalized spacial score (nSPS) is 14.6. The van der Waals surface area contributed by atoms with Crippen molar-refractivity contribution >= 4 is 13.8 Å². The van der Waals surface area contributed by atoms with Crippen LogP contribution in [0.4, 0.5) is 0 Å². The molecule has 0 aromatic carbocycles. The molecule has 0 aromatic heterocycles. The SMILES string of the molecule is CC/C=C\C/C=C\C/C=C\C/C=C\C/C=C\CCCCCC(=O)OC(COCCCCCCCCCCC/C=C\C/C=C\C/C=C\C/C=C\CC)COP(=O)(O)OCC[N+](C)(C)C. The van der Waals surface area contributed by atoms with E-state index in [4.69, 9.17) is 18.5 Å². The Morgan fingerprint density at radius 1 is 0.492 bits per heavy atom. The summed E-state index contributed by atoms with van der Waals surface area (Å²) in [6.07, 6.45) is 64.2. The van der Waals surface area contributed by atoms with Gasteiger partial charge in [0.1, 0.15) is 19.3 Å². The third-order valence-electron chi connectivity index (χ3n) is 9.83. The number of carbonyl (C=O) groups excluding carboxylic acids is 1. The average molecular weight is 899 g/mol. The van der Waals surface area contributed by atoms with Gasteiger partial charge in [-0.25, -0.2) is 4.57 Å². The van der Waals surface area contributed by atoms with Crippen molar-refractivity contribution < 1.29 is 37.3 Å². The Hall–Kier alpha value is -2.84. The lowest BCUT2D eigenvalue weighted by molar-refractivity contribution is -0.870. The number of hydrogen-bond acceptors (Lipinski definition) is 6. The molecule has 0 rings (SSSR count).